The number of likely N-dealkylation sites (tertiary alicyclic amines) is 1. The lowest BCUT2D eigenvalue weighted by Gasteiger charge is -2.16. The van der Waals surface area contributed by atoms with Crippen molar-refractivity contribution in [3.63, 3.8) is 0 Å². The average Bonchev–Trinajstić information content (AvgIpc) is 3.01. The molecule has 1 aliphatic rings. The van der Waals surface area contributed by atoms with Crippen molar-refractivity contribution >= 4 is 38.8 Å². The zero-order valence-corrected chi connectivity index (χ0v) is 13.3. The van der Waals surface area contributed by atoms with Crippen LogP contribution < -0.4 is 0 Å². The van der Waals surface area contributed by atoms with E-state index in [-0.39, 0.29) is 18.7 Å². The zero-order valence-electron chi connectivity index (χ0n) is 11.7. The van der Waals surface area contributed by atoms with Gasteiger partial charge < -0.3 is 14.4 Å². The number of carbonyl (C=O) groups excluding carboxylic acids is 1. The standard InChI is InChI=1S/C15H13BrFNO4/c1-8-10-6-9(16)2-3-11(10)22-12(8)13(19)18-5-4-15(17,7-18)14(20)21/h2-3,6H,4-5,7H2,1H3,(H,20,21). The molecule has 0 bridgehead atoms. The van der Waals surface area contributed by atoms with Gasteiger partial charge in [0.1, 0.15) is 5.58 Å². The molecule has 22 heavy (non-hydrogen) atoms. The molecule has 2 aromatic rings. The largest absolute Gasteiger partial charge is 0.479 e. The molecule has 0 aliphatic carbocycles. The Morgan fingerprint density at radius 1 is 1.45 bits per heavy atom. The van der Waals surface area contributed by atoms with Crippen molar-refractivity contribution < 1.29 is 23.5 Å². The number of benzene rings is 1. The topological polar surface area (TPSA) is 70.8 Å². The van der Waals surface area contributed by atoms with Crippen LogP contribution in [-0.4, -0.2) is 40.6 Å². The normalized spacial score (nSPS) is 21.5. The number of amides is 1. The molecule has 1 amide bonds. The van der Waals surface area contributed by atoms with Gasteiger partial charge in [0.25, 0.3) is 5.91 Å². The monoisotopic (exact) mass is 369 g/mol. The summed E-state index contributed by atoms with van der Waals surface area (Å²) in [6.07, 6.45) is -0.209. The van der Waals surface area contributed by atoms with E-state index in [1.54, 1.807) is 19.1 Å². The molecule has 3 rings (SSSR count). The number of aliphatic carboxylic acids is 1. The van der Waals surface area contributed by atoms with Gasteiger partial charge in [0, 0.05) is 28.4 Å². The van der Waals surface area contributed by atoms with Crippen molar-refractivity contribution in [2.45, 2.75) is 19.0 Å². The number of hydrogen-bond donors (Lipinski definition) is 1. The van der Waals surface area contributed by atoms with Crippen molar-refractivity contribution in [3.8, 4) is 0 Å². The Bertz CT molecular complexity index is 787. The molecular formula is C15H13BrFNO4. The van der Waals surface area contributed by atoms with Crippen molar-refractivity contribution in [2.75, 3.05) is 13.1 Å². The molecule has 1 unspecified atom stereocenters. The summed E-state index contributed by atoms with van der Waals surface area (Å²) in [5.41, 5.74) is -1.15. The first-order valence-electron chi connectivity index (χ1n) is 6.72. The van der Waals surface area contributed by atoms with E-state index in [0.29, 0.717) is 11.1 Å². The predicted molar refractivity (Wildman–Crippen MR) is 80.6 cm³/mol. The number of aryl methyl sites for hydroxylation is 1. The molecule has 1 aromatic heterocycles. The van der Waals surface area contributed by atoms with Crippen LogP contribution >= 0.6 is 15.9 Å². The molecule has 1 saturated heterocycles. The highest BCUT2D eigenvalue weighted by Gasteiger charge is 2.47. The number of rotatable bonds is 2. The van der Waals surface area contributed by atoms with Gasteiger partial charge in [-0.25, -0.2) is 9.18 Å². The number of hydrogen-bond acceptors (Lipinski definition) is 3. The number of alkyl halides is 1. The van der Waals surface area contributed by atoms with Gasteiger partial charge in [-0.3, -0.25) is 4.79 Å². The Morgan fingerprint density at radius 3 is 2.82 bits per heavy atom. The van der Waals surface area contributed by atoms with Crippen LogP contribution in [0.3, 0.4) is 0 Å². The van der Waals surface area contributed by atoms with Gasteiger partial charge in [0.2, 0.25) is 5.67 Å². The minimum atomic E-state index is -2.38. The third-order valence-corrected chi connectivity index (χ3v) is 4.48. The highest BCUT2D eigenvalue weighted by atomic mass is 79.9. The number of carboxylic acids is 1. The number of fused-ring (bicyclic) bond motifs is 1. The lowest BCUT2D eigenvalue weighted by atomic mass is 10.1. The van der Waals surface area contributed by atoms with E-state index in [0.717, 1.165) is 9.86 Å². The molecule has 7 heteroatoms. The van der Waals surface area contributed by atoms with E-state index in [9.17, 15) is 14.0 Å². The van der Waals surface area contributed by atoms with Crippen LogP contribution in [0.15, 0.2) is 27.1 Å². The highest BCUT2D eigenvalue weighted by molar-refractivity contribution is 9.10. The van der Waals surface area contributed by atoms with Crippen molar-refractivity contribution in [1.29, 1.82) is 0 Å². The number of nitrogens with zero attached hydrogens (tertiary/aromatic N) is 1. The molecule has 0 spiro atoms. The van der Waals surface area contributed by atoms with Crippen molar-refractivity contribution in [3.05, 3.63) is 34.0 Å². The average molecular weight is 370 g/mol. The Morgan fingerprint density at radius 2 is 2.18 bits per heavy atom. The van der Waals surface area contributed by atoms with Gasteiger partial charge in [-0.05, 0) is 25.1 Å². The summed E-state index contributed by atoms with van der Waals surface area (Å²) in [6.45, 7) is 1.35. The van der Waals surface area contributed by atoms with Crippen LogP contribution in [0.4, 0.5) is 4.39 Å². The fourth-order valence-corrected chi connectivity index (χ4v) is 3.02. The third kappa shape index (κ3) is 2.29. The summed E-state index contributed by atoms with van der Waals surface area (Å²) < 4.78 is 20.5. The maximum Gasteiger partial charge on any atom is 0.343 e. The van der Waals surface area contributed by atoms with Crippen LogP contribution in [0.2, 0.25) is 0 Å². The molecule has 1 aromatic carbocycles. The van der Waals surface area contributed by atoms with E-state index < -0.39 is 24.1 Å². The molecule has 5 nitrogen and oxygen atoms in total. The first-order chi connectivity index (χ1) is 10.3. The number of carbonyl (C=O) groups is 2. The van der Waals surface area contributed by atoms with E-state index >= 15 is 0 Å². The van der Waals surface area contributed by atoms with Gasteiger partial charge in [-0.15, -0.1) is 0 Å². The van der Waals surface area contributed by atoms with E-state index in [1.807, 2.05) is 6.07 Å². The lowest BCUT2D eigenvalue weighted by molar-refractivity contribution is -0.149. The van der Waals surface area contributed by atoms with E-state index in [4.69, 9.17) is 9.52 Å². The van der Waals surface area contributed by atoms with Crippen molar-refractivity contribution in [1.82, 2.24) is 4.90 Å². The van der Waals surface area contributed by atoms with Gasteiger partial charge in [0.05, 0.1) is 6.54 Å². The zero-order chi connectivity index (χ0) is 16.1. The summed E-state index contributed by atoms with van der Waals surface area (Å²) >= 11 is 3.36. The minimum absolute atomic E-state index is 0.0574. The molecule has 0 radical (unpaired) electrons. The quantitative estimate of drug-likeness (QED) is 0.882. The molecule has 1 N–H and O–H groups in total. The predicted octanol–water partition coefficient (Wildman–Crippen LogP) is 3.14. The smallest absolute Gasteiger partial charge is 0.343 e. The molecule has 2 heterocycles. The molecular weight excluding hydrogens is 357 g/mol. The number of halogens is 2. The van der Waals surface area contributed by atoms with Gasteiger partial charge in [-0.2, -0.15) is 0 Å². The molecule has 1 fully saturated rings. The highest BCUT2D eigenvalue weighted by Crippen LogP contribution is 2.32. The molecule has 0 saturated carbocycles. The second kappa shape index (κ2) is 5.08. The van der Waals surface area contributed by atoms with Crippen LogP contribution in [0.25, 0.3) is 11.0 Å². The minimum Gasteiger partial charge on any atom is -0.479 e. The van der Waals surface area contributed by atoms with Gasteiger partial charge >= 0.3 is 5.97 Å². The van der Waals surface area contributed by atoms with Gasteiger partial charge in [0.15, 0.2) is 5.76 Å². The van der Waals surface area contributed by atoms with E-state index in [2.05, 4.69) is 15.9 Å². The fraction of sp³-hybridized carbons (Fsp3) is 0.333. The van der Waals surface area contributed by atoms with Crippen LogP contribution in [0.5, 0.6) is 0 Å². The summed E-state index contributed by atoms with van der Waals surface area (Å²) in [4.78, 5) is 24.6. The number of furan rings is 1. The SMILES string of the molecule is Cc1c(C(=O)N2CCC(F)(C(=O)O)C2)oc2ccc(Br)cc12. The van der Waals surface area contributed by atoms with Crippen LogP contribution in [0.1, 0.15) is 22.5 Å². The summed E-state index contributed by atoms with van der Waals surface area (Å²) in [6, 6.07) is 5.38. The second-order valence-electron chi connectivity index (χ2n) is 5.44. The molecule has 1 atom stereocenters. The summed E-state index contributed by atoms with van der Waals surface area (Å²) in [7, 11) is 0. The Kier molecular flexibility index (Phi) is 3.47. The van der Waals surface area contributed by atoms with Crippen LogP contribution in [-0.2, 0) is 4.79 Å². The first kappa shape index (κ1) is 15.0. The van der Waals surface area contributed by atoms with Crippen LogP contribution in [0, 0.1) is 6.92 Å². The third-order valence-electron chi connectivity index (χ3n) is 3.98. The summed E-state index contributed by atoms with van der Waals surface area (Å²) in [5, 5.41) is 9.69. The Hall–Kier alpha value is -1.89. The molecule has 116 valence electrons. The Labute approximate surface area is 133 Å². The second-order valence-corrected chi connectivity index (χ2v) is 6.36. The lowest BCUT2D eigenvalue weighted by Crippen LogP contribution is -2.38. The first-order valence-corrected chi connectivity index (χ1v) is 7.51. The number of carboxylic acid groups (broad SMARTS) is 1. The Balaban J connectivity index is 1.94. The maximum absolute atomic E-state index is 14.1. The summed E-state index contributed by atoms with van der Waals surface area (Å²) in [5.74, 6) is -1.89. The maximum atomic E-state index is 14.1. The van der Waals surface area contributed by atoms with Gasteiger partial charge in [-0.1, -0.05) is 15.9 Å². The van der Waals surface area contributed by atoms with E-state index in [1.165, 1.54) is 4.90 Å². The van der Waals surface area contributed by atoms with Crippen molar-refractivity contribution in [2.24, 2.45) is 0 Å². The fourth-order valence-electron chi connectivity index (χ4n) is 2.66. The molecule has 1 aliphatic heterocycles.